The van der Waals surface area contributed by atoms with Crippen LogP contribution in [0.2, 0.25) is 0 Å². The number of benzene rings is 2. The summed E-state index contributed by atoms with van der Waals surface area (Å²) in [6.45, 7) is 2.20. The smallest absolute Gasteiger partial charge is 0.266 e. The highest BCUT2D eigenvalue weighted by atomic mass is 32.2. The number of piperidine rings is 1. The lowest BCUT2D eigenvalue weighted by Crippen LogP contribution is -2.42. The van der Waals surface area contributed by atoms with Crippen LogP contribution in [0.15, 0.2) is 40.9 Å². The third-order valence-electron chi connectivity index (χ3n) is 8.90. The van der Waals surface area contributed by atoms with Gasteiger partial charge in [0, 0.05) is 35.2 Å². The Balaban J connectivity index is 1.11. The van der Waals surface area contributed by atoms with Gasteiger partial charge in [0.25, 0.3) is 16.0 Å². The number of halogens is 1. The largest absolute Gasteiger partial charge is 0.371 e. The first kappa shape index (κ1) is 29.3. The van der Waals surface area contributed by atoms with Crippen LogP contribution >= 0.6 is 11.3 Å². The van der Waals surface area contributed by atoms with Crippen LogP contribution in [0.3, 0.4) is 0 Å². The molecule has 1 saturated carbocycles. The zero-order valence-electron chi connectivity index (χ0n) is 24.2. The molecule has 3 aliphatic rings. The van der Waals surface area contributed by atoms with Crippen molar-refractivity contribution in [1.82, 2.24) is 15.5 Å². The topological polar surface area (TPSA) is 135 Å². The lowest BCUT2D eigenvalue weighted by Gasteiger charge is -2.35. The molecule has 7 rings (SSSR count). The molecule has 2 aromatic carbocycles. The SMILES string of the molecule is Cc1ccccc1-c1noc(C2CC2)c1COC1CC2CCC[C@@H]1N2c1nc2c(F)cc(C(=O)NCCS(=O)(=O)O)cc2s1. The van der Waals surface area contributed by atoms with E-state index in [0.29, 0.717) is 22.4 Å². The third-order valence-corrected chi connectivity index (χ3v) is 10.6. The molecular weight excluding hydrogens is 607 g/mol. The number of nitrogens with zero attached hydrogens (tertiary/aromatic N) is 3. The van der Waals surface area contributed by atoms with Crippen molar-refractivity contribution >= 4 is 42.7 Å². The molecule has 2 aliphatic heterocycles. The number of hydrogen-bond donors (Lipinski definition) is 2. The van der Waals surface area contributed by atoms with Crippen molar-refractivity contribution in [3.8, 4) is 11.3 Å². The van der Waals surface area contributed by atoms with Gasteiger partial charge in [0.1, 0.15) is 17.0 Å². The molecular formula is C31H33FN4O6S2. The lowest BCUT2D eigenvalue weighted by atomic mass is 10.0. The van der Waals surface area contributed by atoms with Crippen LogP contribution in [-0.4, -0.2) is 59.5 Å². The minimum atomic E-state index is -4.22. The molecule has 0 spiro atoms. The van der Waals surface area contributed by atoms with E-state index in [1.165, 1.54) is 11.3 Å². The van der Waals surface area contributed by atoms with Gasteiger partial charge in [0.15, 0.2) is 10.9 Å². The molecule has 4 aromatic rings. The van der Waals surface area contributed by atoms with E-state index < -0.39 is 27.6 Å². The summed E-state index contributed by atoms with van der Waals surface area (Å²) in [6.07, 6.45) is 6.01. The summed E-state index contributed by atoms with van der Waals surface area (Å²) in [5, 5.41) is 7.59. The van der Waals surface area contributed by atoms with Crippen LogP contribution in [0.4, 0.5) is 9.52 Å². The maximum absolute atomic E-state index is 15.1. The number of thiazole rings is 1. The van der Waals surface area contributed by atoms with Crippen LogP contribution < -0.4 is 10.2 Å². The van der Waals surface area contributed by atoms with E-state index in [9.17, 15) is 13.2 Å². The fourth-order valence-corrected chi connectivity index (χ4v) is 8.10. The van der Waals surface area contributed by atoms with Crippen molar-refractivity contribution in [2.75, 3.05) is 17.2 Å². The normalized spacial score (nSPS) is 21.7. The summed E-state index contributed by atoms with van der Waals surface area (Å²) >= 11 is 1.34. The minimum absolute atomic E-state index is 0.0322. The Kier molecular flexibility index (Phi) is 7.68. The Hall–Kier alpha value is -3.39. The molecule has 3 fully saturated rings. The predicted molar refractivity (Wildman–Crippen MR) is 164 cm³/mol. The van der Waals surface area contributed by atoms with E-state index in [2.05, 4.69) is 39.4 Å². The number of rotatable bonds is 10. The maximum atomic E-state index is 15.1. The van der Waals surface area contributed by atoms with Gasteiger partial charge in [-0.25, -0.2) is 9.37 Å². The molecule has 10 nitrogen and oxygen atoms in total. The van der Waals surface area contributed by atoms with Crippen LogP contribution in [0.5, 0.6) is 0 Å². The first-order valence-corrected chi connectivity index (χ1v) is 17.4. The minimum Gasteiger partial charge on any atom is -0.371 e. The summed E-state index contributed by atoms with van der Waals surface area (Å²) in [4.78, 5) is 19.5. The quantitative estimate of drug-likeness (QED) is 0.212. The average Bonchev–Trinajstić information content (AvgIpc) is 3.53. The van der Waals surface area contributed by atoms with Crippen molar-refractivity contribution in [1.29, 1.82) is 0 Å². The second-order valence-corrected chi connectivity index (χ2v) is 14.5. The first-order valence-electron chi connectivity index (χ1n) is 14.9. The molecule has 2 unspecified atom stereocenters. The van der Waals surface area contributed by atoms with Gasteiger partial charge in [-0.1, -0.05) is 40.8 Å². The van der Waals surface area contributed by atoms with Gasteiger partial charge in [0.05, 0.1) is 29.2 Å². The molecule has 2 aromatic heterocycles. The summed E-state index contributed by atoms with van der Waals surface area (Å²) < 4.78 is 59.1. The molecule has 13 heteroatoms. The Labute approximate surface area is 258 Å². The zero-order valence-corrected chi connectivity index (χ0v) is 25.8. The molecule has 1 amide bonds. The highest BCUT2D eigenvalue weighted by Gasteiger charge is 2.46. The average molecular weight is 641 g/mol. The van der Waals surface area contributed by atoms with Gasteiger partial charge < -0.3 is 19.5 Å². The molecule has 2 saturated heterocycles. The maximum Gasteiger partial charge on any atom is 0.266 e. The number of carbonyl (C=O) groups is 1. The summed E-state index contributed by atoms with van der Waals surface area (Å²) in [6, 6.07) is 11.1. The number of aromatic nitrogens is 2. The predicted octanol–water partition coefficient (Wildman–Crippen LogP) is 5.61. The first-order chi connectivity index (χ1) is 21.2. The van der Waals surface area contributed by atoms with Crippen molar-refractivity contribution in [2.24, 2.45) is 0 Å². The van der Waals surface area contributed by atoms with Gasteiger partial charge in [-0.15, -0.1) is 0 Å². The highest BCUT2D eigenvalue weighted by molar-refractivity contribution is 7.85. The van der Waals surface area contributed by atoms with E-state index in [1.54, 1.807) is 6.07 Å². The van der Waals surface area contributed by atoms with E-state index in [4.69, 9.17) is 13.8 Å². The Morgan fingerprint density at radius 3 is 2.82 bits per heavy atom. The standard InChI is InChI=1S/C31H33FN4O6S2/c1-17-5-2-3-7-21(17)27-22(29(42-35-27)18-9-10-18)16-41-25-15-20-6-4-8-24(25)36(20)31-34-28-23(32)13-19(14-26(28)43-31)30(37)33-11-12-44(38,39)40/h2-3,5,7,13-14,18,20,24-25H,4,6,8-12,15-16H2,1H3,(H,33,37)(H,38,39,40)/t20?,24-,25?/m0/s1. The fourth-order valence-electron chi connectivity index (χ4n) is 6.59. The van der Waals surface area contributed by atoms with Crippen molar-refractivity contribution < 1.29 is 31.4 Å². The van der Waals surface area contributed by atoms with Gasteiger partial charge in [-0.3, -0.25) is 9.35 Å². The van der Waals surface area contributed by atoms with Crippen molar-refractivity contribution in [3.63, 3.8) is 0 Å². The number of anilines is 1. The summed E-state index contributed by atoms with van der Waals surface area (Å²) in [5.74, 6) is -0.543. The van der Waals surface area contributed by atoms with Crippen molar-refractivity contribution in [3.05, 3.63) is 64.7 Å². The Morgan fingerprint density at radius 1 is 1.23 bits per heavy atom. The number of aryl methyl sites for hydroxylation is 1. The molecule has 0 radical (unpaired) electrons. The molecule has 4 heterocycles. The van der Waals surface area contributed by atoms with Gasteiger partial charge >= 0.3 is 0 Å². The molecule has 44 heavy (non-hydrogen) atoms. The van der Waals surface area contributed by atoms with Gasteiger partial charge in [-0.05, 0) is 63.1 Å². The molecule has 1 aliphatic carbocycles. The van der Waals surface area contributed by atoms with E-state index in [-0.39, 0.29) is 35.8 Å². The third kappa shape index (κ3) is 5.73. The number of hydrogen-bond acceptors (Lipinski definition) is 9. The van der Waals surface area contributed by atoms with E-state index >= 15 is 4.39 Å². The van der Waals surface area contributed by atoms with Crippen LogP contribution in [0.1, 0.15) is 71.7 Å². The molecule has 3 atom stereocenters. The molecule has 2 bridgehead atoms. The molecule has 2 N–H and O–H groups in total. The van der Waals surface area contributed by atoms with Crippen LogP contribution in [-0.2, 0) is 21.5 Å². The Morgan fingerprint density at radius 2 is 2.05 bits per heavy atom. The van der Waals surface area contributed by atoms with Crippen molar-refractivity contribution in [2.45, 2.75) is 76.2 Å². The summed E-state index contributed by atoms with van der Waals surface area (Å²) in [7, 11) is -4.22. The highest BCUT2D eigenvalue weighted by Crippen LogP contribution is 2.46. The second kappa shape index (κ2) is 11.5. The zero-order chi connectivity index (χ0) is 30.6. The lowest BCUT2D eigenvalue weighted by molar-refractivity contribution is 0.0341. The number of carbonyl (C=O) groups excluding carboxylic acids is 1. The second-order valence-electron chi connectivity index (χ2n) is 12.0. The monoisotopic (exact) mass is 640 g/mol. The van der Waals surface area contributed by atoms with E-state index in [0.717, 1.165) is 72.7 Å². The summed E-state index contributed by atoms with van der Waals surface area (Å²) in [5.41, 5.74) is 4.32. The number of fused-ring (bicyclic) bond motifs is 3. The van der Waals surface area contributed by atoms with Crippen LogP contribution in [0.25, 0.3) is 21.5 Å². The number of amides is 1. The molecule has 232 valence electrons. The Bertz CT molecular complexity index is 1840. The van der Waals surface area contributed by atoms with Crippen LogP contribution in [0, 0.1) is 12.7 Å². The van der Waals surface area contributed by atoms with Gasteiger partial charge in [0.2, 0.25) is 0 Å². The van der Waals surface area contributed by atoms with E-state index in [1.807, 2.05) is 12.1 Å². The number of ether oxygens (including phenoxy) is 1. The van der Waals surface area contributed by atoms with Gasteiger partial charge in [-0.2, -0.15) is 8.42 Å². The fraction of sp³-hybridized carbons (Fsp3) is 0.452. The number of nitrogens with one attached hydrogen (secondary N) is 1.